The molecular weight excluding hydrogens is 739 g/mol. The molecule has 61 heavy (non-hydrogen) atoms. The molecule has 12 rings (SSSR count). The summed E-state index contributed by atoms with van der Waals surface area (Å²) >= 11 is 0. The fourth-order valence-corrected chi connectivity index (χ4v) is 9.95. The molecule has 3 heteroatoms. The second-order valence-electron chi connectivity index (χ2n) is 15.9. The van der Waals surface area contributed by atoms with Crippen molar-refractivity contribution in [2.45, 2.75) is 5.41 Å². The van der Waals surface area contributed by atoms with Crippen LogP contribution in [0.4, 0.5) is 0 Å². The topological polar surface area (TPSA) is 38.7 Å². The highest BCUT2D eigenvalue weighted by molar-refractivity contribution is 6.00. The molecule has 0 fully saturated rings. The van der Waals surface area contributed by atoms with Crippen molar-refractivity contribution in [2.75, 3.05) is 0 Å². The van der Waals surface area contributed by atoms with Crippen molar-refractivity contribution >= 4 is 0 Å². The molecule has 0 saturated carbocycles. The summed E-state index contributed by atoms with van der Waals surface area (Å²) in [5.74, 6) is 1.91. The highest BCUT2D eigenvalue weighted by atomic mass is 15.0. The van der Waals surface area contributed by atoms with E-state index in [0.717, 1.165) is 38.9 Å². The van der Waals surface area contributed by atoms with Crippen molar-refractivity contribution in [3.05, 3.63) is 247 Å². The van der Waals surface area contributed by atoms with Crippen LogP contribution in [0, 0.1) is 0 Å². The molecule has 0 aliphatic heterocycles. The monoisotopic (exact) mass is 775 g/mol. The Morgan fingerprint density at radius 1 is 0.230 bits per heavy atom. The number of nitrogens with zero attached hydrogens (tertiary/aromatic N) is 3. The lowest BCUT2D eigenvalue weighted by Crippen LogP contribution is -2.25. The van der Waals surface area contributed by atoms with Gasteiger partial charge in [-0.25, -0.2) is 15.0 Å². The zero-order chi connectivity index (χ0) is 40.3. The van der Waals surface area contributed by atoms with Crippen molar-refractivity contribution in [3.8, 4) is 89.8 Å². The van der Waals surface area contributed by atoms with E-state index in [1.54, 1.807) is 0 Å². The second kappa shape index (κ2) is 14.1. The molecule has 0 radical (unpaired) electrons. The maximum Gasteiger partial charge on any atom is 0.164 e. The Bertz CT molecular complexity index is 3250. The molecule has 3 nitrogen and oxygen atoms in total. The number of hydrogen-bond donors (Lipinski definition) is 0. The molecule has 0 atom stereocenters. The molecule has 0 amide bonds. The van der Waals surface area contributed by atoms with E-state index in [-0.39, 0.29) is 5.41 Å². The van der Waals surface area contributed by atoms with Gasteiger partial charge in [0.25, 0.3) is 0 Å². The van der Waals surface area contributed by atoms with Crippen molar-refractivity contribution in [1.82, 2.24) is 15.0 Å². The van der Waals surface area contributed by atoms with Crippen LogP contribution in [0.5, 0.6) is 0 Å². The summed E-state index contributed by atoms with van der Waals surface area (Å²) in [5.41, 5.74) is 20.0. The van der Waals surface area contributed by atoms with Gasteiger partial charge < -0.3 is 0 Å². The van der Waals surface area contributed by atoms with Crippen molar-refractivity contribution in [1.29, 1.82) is 0 Å². The minimum atomic E-state index is -0.367. The van der Waals surface area contributed by atoms with Crippen LogP contribution in [-0.2, 0) is 5.41 Å². The van der Waals surface area contributed by atoms with Crippen molar-refractivity contribution < 1.29 is 0 Å². The van der Waals surface area contributed by atoms with Gasteiger partial charge in [0.05, 0.1) is 5.41 Å². The zero-order valence-corrected chi connectivity index (χ0v) is 33.2. The molecule has 9 aromatic carbocycles. The molecular formula is C58H37N3. The van der Waals surface area contributed by atoms with Crippen molar-refractivity contribution in [2.24, 2.45) is 0 Å². The lowest BCUT2D eigenvalue weighted by molar-refractivity contribution is 0.794. The predicted octanol–water partition coefficient (Wildman–Crippen LogP) is 14.2. The highest BCUT2D eigenvalue weighted by Gasteiger charge is 2.51. The van der Waals surface area contributed by atoms with E-state index in [1.807, 2.05) is 30.3 Å². The van der Waals surface area contributed by atoms with E-state index in [9.17, 15) is 0 Å². The maximum absolute atomic E-state index is 5.16. The van der Waals surface area contributed by atoms with Crippen LogP contribution in [-0.4, -0.2) is 15.0 Å². The maximum atomic E-state index is 5.16. The Kier molecular flexibility index (Phi) is 8.07. The molecule has 2 aliphatic carbocycles. The highest BCUT2D eigenvalue weighted by Crippen LogP contribution is 2.63. The number of aromatic nitrogens is 3. The Morgan fingerprint density at radius 3 is 1.31 bits per heavy atom. The van der Waals surface area contributed by atoms with Gasteiger partial charge in [-0.05, 0) is 84.0 Å². The van der Waals surface area contributed by atoms with Crippen LogP contribution in [0.2, 0.25) is 0 Å². The molecule has 0 saturated heterocycles. The van der Waals surface area contributed by atoms with Crippen LogP contribution in [0.25, 0.3) is 89.8 Å². The molecule has 0 N–H and O–H groups in total. The summed E-state index contributed by atoms with van der Waals surface area (Å²) in [4.78, 5) is 15.3. The van der Waals surface area contributed by atoms with E-state index in [0.29, 0.717) is 17.5 Å². The third kappa shape index (κ3) is 5.48. The normalized spacial score (nSPS) is 12.7. The first-order chi connectivity index (χ1) is 30.3. The Labute approximate surface area is 355 Å². The van der Waals surface area contributed by atoms with E-state index >= 15 is 0 Å². The number of hydrogen-bond acceptors (Lipinski definition) is 3. The predicted molar refractivity (Wildman–Crippen MR) is 249 cm³/mol. The summed E-state index contributed by atoms with van der Waals surface area (Å²) in [6, 6.07) is 80.4. The van der Waals surface area contributed by atoms with Gasteiger partial charge in [-0.15, -0.1) is 0 Å². The number of rotatable bonds is 6. The summed E-state index contributed by atoms with van der Waals surface area (Å²) < 4.78 is 0. The van der Waals surface area contributed by atoms with Gasteiger partial charge in [-0.1, -0.05) is 218 Å². The quantitative estimate of drug-likeness (QED) is 0.169. The van der Waals surface area contributed by atoms with Crippen LogP contribution < -0.4 is 0 Å². The van der Waals surface area contributed by atoms with Crippen molar-refractivity contribution in [3.63, 3.8) is 0 Å². The lowest BCUT2D eigenvalue weighted by Gasteiger charge is -2.30. The van der Waals surface area contributed by atoms with Gasteiger partial charge in [-0.2, -0.15) is 0 Å². The first-order valence-corrected chi connectivity index (χ1v) is 20.9. The fraction of sp³-hybridized carbons (Fsp3) is 0.0172. The van der Waals surface area contributed by atoms with E-state index in [2.05, 4.69) is 194 Å². The average molecular weight is 776 g/mol. The van der Waals surface area contributed by atoms with Gasteiger partial charge in [0, 0.05) is 16.7 Å². The molecule has 2 aliphatic rings. The zero-order valence-electron chi connectivity index (χ0n) is 33.2. The van der Waals surface area contributed by atoms with Gasteiger partial charge >= 0.3 is 0 Å². The minimum absolute atomic E-state index is 0.367. The molecule has 1 heterocycles. The van der Waals surface area contributed by atoms with E-state index in [4.69, 9.17) is 15.0 Å². The Balaban J connectivity index is 0.949. The van der Waals surface area contributed by atoms with E-state index in [1.165, 1.54) is 55.6 Å². The number of fused-ring (bicyclic) bond motifs is 10. The van der Waals surface area contributed by atoms with Crippen LogP contribution in [0.3, 0.4) is 0 Å². The first kappa shape index (κ1) is 35.0. The van der Waals surface area contributed by atoms with Crippen LogP contribution in [0.15, 0.2) is 224 Å². The van der Waals surface area contributed by atoms with Gasteiger partial charge in [0.2, 0.25) is 0 Å². The molecule has 284 valence electrons. The third-order valence-corrected chi connectivity index (χ3v) is 12.6. The summed E-state index contributed by atoms with van der Waals surface area (Å²) in [6.07, 6.45) is 0. The standard InChI is InChI=1S/C58H37N3/c1-3-17-39(18-4-1)44-23-7-8-26-48(44)57-60-55(41-19-5-2-6-20-41)59-56(61-57)43-22-15-21-42(37-43)38-33-35-40(36-34-38)45-28-16-32-53-54(45)49-27-11-14-31-52(49)58(53)50-29-12-9-24-46(50)47-25-10-13-30-51(47)58/h1-37H. The summed E-state index contributed by atoms with van der Waals surface area (Å²) in [6.45, 7) is 0. The average Bonchev–Trinajstić information content (AvgIpc) is 3.82. The second-order valence-corrected chi connectivity index (χ2v) is 15.9. The Hall–Kier alpha value is -8.01. The van der Waals surface area contributed by atoms with Crippen LogP contribution in [0.1, 0.15) is 22.3 Å². The first-order valence-electron chi connectivity index (χ1n) is 20.9. The largest absolute Gasteiger partial charge is 0.208 e. The SMILES string of the molecule is c1ccc(-c2nc(-c3cccc(-c4ccc(-c5cccc6c5-c5ccccc5C65c6ccccc6-c6ccccc65)cc4)c3)nc(-c3ccccc3-c3ccccc3)n2)cc1. The molecule has 1 spiro atoms. The third-order valence-electron chi connectivity index (χ3n) is 12.6. The summed E-state index contributed by atoms with van der Waals surface area (Å²) in [5, 5.41) is 0. The van der Waals surface area contributed by atoms with Gasteiger partial charge in [0.15, 0.2) is 17.5 Å². The minimum Gasteiger partial charge on any atom is -0.208 e. The molecule has 10 aromatic rings. The molecule has 0 unspecified atom stereocenters. The lowest BCUT2D eigenvalue weighted by atomic mass is 9.70. The fourth-order valence-electron chi connectivity index (χ4n) is 9.95. The van der Waals surface area contributed by atoms with Gasteiger partial charge in [0.1, 0.15) is 0 Å². The van der Waals surface area contributed by atoms with Gasteiger partial charge in [-0.3, -0.25) is 0 Å². The smallest absolute Gasteiger partial charge is 0.164 e. The molecule has 1 aromatic heterocycles. The van der Waals surface area contributed by atoms with Crippen LogP contribution >= 0.6 is 0 Å². The Morgan fingerprint density at radius 2 is 0.639 bits per heavy atom. The van der Waals surface area contributed by atoms with E-state index < -0.39 is 0 Å². The molecule has 0 bridgehead atoms. The number of benzene rings is 9. The summed E-state index contributed by atoms with van der Waals surface area (Å²) in [7, 11) is 0.